The number of aryl methyl sites for hydroxylation is 2. The van der Waals surface area contributed by atoms with Crippen molar-refractivity contribution in [2.75, 3.05) is 25.0 Å². The average Bonchev–Trinajstić information content (AvgIpc) is 2.83. The van der Waals surface area contributed by atoms with Crippen LogP contribution in [0, 0.1) is 20.4 Å². The molecule has 4 heteroatoms. The van der Waals surface area contributed by atoms with E-state index in [1.165, 1.54) is 25.7 Å². The van der Waals surface area contributed by atoms with Gasteiger partial charge in [-0.2, -0.15) is 0 Å². The highest BCUT2D eigenvalue weighted by molar-refractivity contribution is 5.95. The fourth-order valence-electron chi connectivity index (χ4n) is 3.97. The van der Waals surface area contributed by atoms with Crippen molar-refractivity contribution in [3.63, 3.8) is 0 Å². The van der Waals surface area contributed by atoms with Gasteiger partial charge >= 0.3 is 0 Å². The van der Waals surface area contributed by atoms with Gasteiger partial charge in [-0.05, 0) is 64.5 Å². The zero-order valence-corrected chi connectivity index (χ0v) is 15.5. The summed E-state index contributed by atoms with van der Waals surface area (Å²) in [7, 11) is 0. The first kappa shape index (κ1) is 18.5. The molecule has 1 saturated heterocycles. The second-order valence-corrected chi connectivity index (χ2v) is 7.13. The van der Waals surface area contributed by atoms with E-state index in [4.69, 9.17) is 6.57 Å². The minimum absolute atomic E-state index is 0.0487. The smallest absolute Gasteiger partial charge is 0.282 e. The van der Waals surface area contributed by atoms with E-state index in [0.717, 1.165) is 40.9 Å². The molecule has 0 radical (unpaired) electrons. The van der Waals surface area contributed by atoms with Gasteiger partial charge in [0, 0.05) is 5.69 Å². The molecule has 1 aliphatic heterocycles. The van der Waals surface area contributed by atoms with Crippen LogP contribution in [0.1, 0.15) is 50.7 Å². The van der Waals surface area contributed by atoms with E-state index in [1.807, 2.05) is 26.0 Å². The third-order valence-electron chi connectivity index (χ3n) is 5.68. The summed E-state index contributed by atoms with van der Waals surface area (Å²) >= 11 is 0. The Kier molecular flexibility index (Phi) is 6.01. The number of rotatable bonds is 4. The van der Waals surface area contributed by atoms with E-state index in [2.05, 4.69) is 24.0 Å². The molecule has 1 aliphatic rings. The minimum atomic E-state index is -0.0487. The fourth-order valence-corrected chi connectivity index (χ4v) is 3.97. The van der Waals surface area contributed by atoms with Crippen LogP contribution in [0.3, 0.4) is 0 Å². The lowest BCUT2D eigenvalue weighted by Crippen LogP contribution is -2.59. The van der Waals surface area contributed by atoms with Crippen molar-refractivity contribution in [3.05, 3.63) is 34.7 Å². The van der Waals surface area contributed by atoms with E-state index in [0.29, 0.717) is 5.69 Å². The zero-order valence-electron chi connectivity index (χ0n) is 15.5. The Morgan fingerprint density at radius 2 is 1.75 bits per heavy atom. The molecule has 1 atom stereocenters. The van der Waals surface area contributed by atoms with E-state index in [-0.39, 0.29) is 11.9 Å². The second kappa shape index (κ2) is 7.81. The standard InChI is InChI=1S/C20H29N3O/c1-6-23(11-9-7-8-10-12-23)17(4)20(24)22-19-15(2)13-18(21-5)14-16(19)3/h13-14,17H,6-12H2,1-4H3/p+1. The topological polar surface area (TPSA) is 33.5 Å². The Morgan fingerprint density at radius 1 is 1.21 bits per heavy atom. The Morgan fingerprint density at radius 3 is 2.21 bits per heavy atom. The number of benzene rings is 1. The molecule has 24 heavy (non-hydrogen) atoms. The maximum absolute atomic E-state index is 13.0. The maximum atomic E-state index is 13.0. The SMILES string of the molecule is [C-]#[N+]c1cc(C)c(NC(=O)C(C)[N+]2(CC)CCCCCC2)c(C)c1. The number of carbonyl (C=O) groups excluding carboxylic acids is 1. The predicted molar refractivity (Wildman–Crippen MR) is 99.3 cm³/mol. The van der Waals surface area contributed by atoms with Crippen LogP contribution in [0.2, 0.25) is 0 Å². The molecular weight excluding hydrogens is 298 g/mol. The monoisotopic (exact) mass is 328 g/mol. The molecule has 1 aromatic rings. The number of likely N-dealkylation sites (N-methyl/N-ethyl adjacent to an activating group) is 1. The van der Waals surface area contributed by atoms with E-state index >= 15 is 0 Å². The molecule has 2 rings (SSSR count). The van der Waals surface area contributed by atoms with Crippen molar-refractivity contribution in [2.45, 2.75) is 59.4 Å². The van der Waals surface area contributed by atoms with Gasteiger partial charge in [0.25, 0.3) is 5.91 Å². The molecular formula is C20H30N3O+. The van der Waals surface area contributed by atoms with E-state index < -0.39 is 0 Å². The Bertz CT molecular complexity index is 614. The number of likely N-dealkylation sites (tertiary alicyclic amines) is 1. The van der Waals surface area contributed by atoms with Crippen molar-refractivity contribution in [1.29, 1.82) is 0 Å². The lowest BCUT2D eigenvalue weighted by atomic mass is 10.1. The molecule has 0 bridgehead atoms. The lowest BCUT2D eigenvalue weighted by Gasteiger charge is -2.41. The van der Waals surface area contributed by atoms with Crippen molar-refractivity contribution in [3.8, 4) is 0 Å². The van der Waals surface area contributed by atoms with Gasteiger partial charge in [-0.25, -0.2) is 4.85 Å². The summed E-state index contributed by atoms with van der Waals surface area (Å²) in [5, 5.41) is 3.15. The number of hydrogen-bond acceptors (Lipinski definition) is 1. The van der Waals surface area contributed by atoms with Crippen molar-refractivity contribution in [2.24, 2.45) is 0 Å². The summed E-state index contributed by atoms with van der Waals surface area (Å²) in [4.78, 5) is 16.4. The number of amides is 1. The molecule has 0 spiro atoms. The molecule has 0 aliphatic carbocycles. The van der Waals surface area contributed by atoms with Gasteiger partial charge in [0.1, 0.15) is 0 Å². The fraction of sp³-hybridized carbons (Fsp3) is 0.600. The highest BCUT2D eigenvalue weighted by Gasteiger charge is 2.37. The van der Waals surface area contributed by atoms with Crippen LogP contribution < -0.4 is 5.32 Å². The van der Waals surface area contributed by atoms with E-state index in [9.17, 15) is 4.79 Å². The van der Waals surface area contributed by atoms with E-state index in [1.54, 1.807) is 0 Å². The summed E-state index contributed by atoms with van der Waals surface area (Å²) in [5.41, 5.74) is 3.41. The highest BCUT2D eigenvalue weighted by Crippen LogP contribution is 2.28. The molecule has 130 valence electrons. The summed E-state index contributed by atoms with van der Waals surface area (Å²) in [6.45, 7) is 18.5. The van der Waals surface area contributed by atoms with Crippen molar-refractivity contribution in [1.82, 2.24) is 0 Å². The van der Waals surface area contributed by atoms with Crippen LogP contribution in [0.4, 0.5) is 11.4 Å². The number of nitrogens with zero attached hydrogens (tertiary/aromatic N) is 2. The predicted octanol–water partition coefficient (Wildman–Crippen LogP) is 4.59. The lowest BCUT2D eigenvalue weighted by molar-refractivity contribution is -0.938. The first-order chi connectivity index (χ1) is 11.4. The van der Waals surface area contributed by atoms with Gasteiger partial charge in [0.15, 0.2) is 11.7 Å². The molecule has 0 aromatic heterocycles. The number of anilines is 1. The first-order valence-electron chi connectivity index (χ1n) is 9.09. The normalized spacial score (nSPS) is 18.3. The third kappa shape index (κ3) is 3.79. The third-order valence-corrected chi connectivity index (χ3v) is 5.68. The minimum Gasteiger partial charge on any atom is -0.321 e. The summed E-state index contributed by atoms with van der Waals surface area (Å²) in [6, 6.07) is 3.64. The van der Waals surface area contributed by atoms with Crippen LogP contribution >= 0.6 is 0 Å². The van der Waals surface area contributed by atoms with Gasteiger partial charge in [-0.1, -0.05) is 12.1 Å². The summed E-state index contributed by atoms with van der Waals surface area (Å²) < 4.78 is 0.893. The van der Waals surface area contributed by atoms with Crippen LogP contribution in [0.25, 0.3) is 4.85 Å². The summed E-state index contributed by atoms with van der Waals surface area (Å²) in [5.74, 6) is 0.0977. The number of carbonyl (C=O) groups is 1. The van der Waals surface area contributed by atoms with Crippen LogP contribution in [0.15, 0.2) is 12.1 Å². The first-order valence-corrected chi connectivity index (χ1v) is 9.09. The second-order valence-electron chi connectivity index (χ2n) is 7.13. The Balaban J connectivity index is 2.21. The van der Waals surface area contributed by atoms with Crippen LogP contribution in [-0.2, 0) is 4.79 Å². The zero-order chi connectivity index (χ0) is 17.7. The Hall–Kier alpha value is -1.86. The molecule has 0 saturated carbocycles. The number of nitrogens with one attached hydrogen (secondary N) is 1. The molecule has 1 aromatic carbocycles. The molecule has 1 amide bonds. The van der Waals surface area contributed by atoms with Crippen molar-refractivity contribution < 1.29 is 9.28 Å². The molecule has 1 fully saturated rings. The maximum Gasteiger partial charge on any atom is 0.282 e. The van der Waals surface area contributed by atoms with Gasteiger partial charge in [-0.3, -0.25) is 4.79 Å². The van der Waals surface area contributed by atoms with Crippen LogP contribution in [-0.4, -0.2) is 36.1 Å². The number of hydrogen-bond donors (Lipinski definition) is 1. The summed E-state index contributed by atoms with van der Waals surface area (Å²) in [6.07, 6.45) is 4.99. The molecule has 4 nitrogen and oxygen atoms in total. The van der Waals surface area contributed by atoms with Crippen molar-refractivity contribution >= 4 is 17.3 Å². The van der Waals surface area contributed by atoms with Gasteiger partial charge < -0.3 is 9.80 Å². The molecule has 1 heterocycles. The highest BCUT2D eigenvalue weighted by atomic mass is 16.2. The quantitative estimate of drug-likeness (QED) is 0.636. The average molecular weight is 328 g/mol. The van der Waals surface area contributed by atoms with Crippen LogP contribution in [0.5, 0.6) is 0 Å². The number of quaternary nitrogens is 1. The Labute approximate surface area is 146 Å². The van der Waals surface area contributed by atoms with Gasteiger partial charge in [-0.15, -0.1) is 0 Å². The van der Waals surface area contributed by atoms with Gasteiger partial charge in [0.2, 0.25) is 0 Å². The molecule has 1 unspecified atom stereocenters. The van der Waals surface area contributed by atoms with Gasteiger partial charge in [0.05, 0.1) is 26.2 Å². The largest absolute Gasteiger partial charge is 0.321 e. The molecule has 1 N–H and O–H groups in total.